The first kappa shape index (κ1) is 10.4. The Bertz CT molecular complexity index is 518. The van der Waals surface area contributed by atoms with Gasteiger partial charge in [-0.15, -0.1) is 0 Å². The van der Waals surface area contributed by atoms with Gasteiger partial charge in [0.2, 0.25) is 0 Å². The molecule has 0 spiro atoms. The summed E-state index contributed by atoms with van der Waals surface area (Å²) in [5, 5.41) is 2.61. The molecule has 2 aromatic carbocycles. The SMILES string of the molecule is [K+].c1ccc2c(c1)[nH]c1ccccc12. The molecule has 1 N–H and O–H groups in total. The van der Waals surface area contributed by atoms with Crippen molar-refractivity contribution in [2.24, 2.45) is 0 Å². The number of aromatic nitrogens is 1. The molecule has 1 heterocycles. The first-order valence-corrected chi connectivity index (χ1v) is 4.40. The van der Waals surface area contributed by atoms with E-state index in [0.29, 0.717) is 0 Å². The molecule has 0 radical (unpaired) electrons. The number of benzene rings is 2. The first-order valence-electron chi connectivity index (χ1n) is 4.40. The average Bonchev–Trinajstić information content (AvgIpc) is 2.56. The number of fused-ring (bicyclic) bond motifs is 3. The van der Waals surface area contributed by atoms with Crippen molar-refractivity contribution in [1.29, 1.82) is 0 Å². The topological polar surface area (TPSA) is 15.8 Å². The Kier molecular flexibility index (Phi) is 3.09. The van der Waals surface area contributed by atoms with E-state index in [-0.39, 0.29) is 51.4 Å². The van der Waals surface area contributed by atoms with Gasteiger partial charge in [0.15, 0.2) is 0 Å². The monoisotopic (exact) mass is 206 g/mol. The van der Waals surface area contributed by atoms with Gasteiger partial charge in [-0.3, -0.25) is 0 Å². The van der Waals surface area contributed by atoms with Gasteiger partial charge in [-0.25, -0.2) is 0 Å². The molecule has 0 fully saturated rings. The summed E-state index contributed by atoms with van der Waals surface area (Å²) in [5.74, 6) is 0. The minimum atomic E-state index is 0. The minimum Gasteiger partial charge on any atom is -0.355 e. The zero-order chi connectivity index (χ0) is 8.67. The maximum atomic E-state index is 3.38. The standard InChI is InChI=1S/C12H9N.K/c1-3-7-11-9(5-1)10-6-2-4-8-12(10)13-11;/h1-8,13H;/q;+1. The average molecular weight is 206 g/mol. The van der Waals surface area contributed by atoms with E-state index in [1.54, 1.807) is 0 Å². The summed E-state index contributed by atoms with van der Waals surface area (Å²) in [6.07, 6.45) is 0. The van der Waals surface area contributed by atoms with Gasteiger partial charge in [0, 0.05) is 21.8 Å². The maximum absolute atomic E-state index is 3.38. The Morgan fingerprint density at radius 3 is 1.57 bits per heavy atom. The van der Waals surface area contributed by atoms with Crippen LogP contribution < -0.4 is 51.4 Å². The van der Waals surface area contributed by atoms with Crippen LogP contribution >= 0.6 is 0 Å². The van der Waals surface area contributed by atoms with Crippen molar-refractivity contribution < 1.29 is 51.4 Å². The second-order valence-electron chi connectivity index (χ2n) is 3.22. The molecule has 0 saturated carbocycles. The molecule has 14 heavy (non-hydrogen) atoms. The summed E-state index contributed by atoms with van der Waals surface area (Å²) in [6.45, 7) is 0. The Morgan fingerprint density at radius 1 is 0.643 bits per heavy atom. The summed E-state index contributed by atoms with van der Waals surface area (Å²) in [6, 6.07) is 16.8. The van der Waals surface area contributed by atoms with Crippen LogP contribution in [0.4, 0.5) is 0 Å². The second-order valence-corrected chi connectivity index (χ2v) is 3.22. The summed E-state index contributed by atoms with van der Waals surface area (Å²) in [5.41, 5.74) is 2.42. The van der Waals surface area contributed by atoms with E-state index < -0.39 is 0 Å². The molecule has 0 bridgehead atoms. The van der Waals surface area contributed by atoms with Crippen LogP contribution in [0.1, 0.15) is 0 Å². The normalized spacial score (nSPS) is 10.3. The molecule has 62 valence electrons. The molecule has 3 rings (SSSR count). The molecule has 3 aromatic rings. The van der Waals surface area contributed by atoms with Crippen molar-refractivity contribution in [1.82, 2.24) is 4.98 Å². The molecular formula is C12H9KN+. The fourth-order valence-electron chi connectivity index (χ4n) is 1.80. The summed E-state index contributed by atoms with van der Waals surface area (Å²) < 4.78 is 0. The van der Waals surface area contributed by atoms with E-state index in [2.05, 4.69) is 53.5 Å². The van der Waals surface area contributed by atoms with E-state index in [1.165, 1.54) is 21.8 Å². The third-order valence-corrected chi connectivity index (χ3v) is 2.41. The number of hydrogen-bond donors (Lipinski definition) is 1. The molecule has 0 saturated heterocycles. The zero-order valence-electron chi connectivity index (χ0n) is 8.12. The van der Waals surface area contributed by atoms with E-state index in [4.69, 9.17) is 0 Å². The molecule has 0 unspecified atom stereocenters. The number of rotatable bonds is 0. The van der Waals surface area contributed by atoms with Crippen molar-refractivity contribution in [2.75, 3.05) is 0 Å². The Hall–Kier alpha value is -0.124. The van der Waals surface area contributed by atoms with Crippen LogP contribution in [0.2, 0.25) is 0 Å². The third kappa shape index (κ3) is 1.57. The van der Waals surface area contributed by atoms with E-state index in [0.717, 1.165) is 0 Å². The summed E-state index contributed by atoms with van der Waals surface area (Å²) in [4.78, 5) is 3.38. The maximum Gasteiger partial charge on any atom is 1.00 e. The summed E-state index contributed by atoms with van der Waals surface area (Å²) >= 11 is 0. The van der Waals surface area contributed by atoms with Crippen LogP contribution in [-0.4, -0.2) is 4.98 Å². The van der Waals surface area contributed by atoms with E-state index in [9.17, 15) is 0 Å². The smallest absolute Gasteiger partial charge is 0.355 e. The Labute approximate surface area is 125 Å². The summed E-state index contributed by atoms with van der Waals surface area (Å²) in [7, 11) is 0. The quantitative estimate of drug-likeness (QED) is 0.510. The van der Waals surface area contributed by atoms with Gasteiger partial charge >= 0.3 is 51.4 Å². The molecule has 0 atom stereocenters. The fourth-order valence-corrected chi connectivity index (χ4v) is 1.80. The molecule has 0 amide bonds. The molecule has 0 aliphatic heterocycles. The number of para-hydroxylation sites is 2. The van der Waals surface area contributed by atoms with Crippen LogP contribution in [-0.2, 0) is 0 Å². The third-order valence-electron chi connectivity index (χ3n) is 2.41. The van der Waals surface area contributed by atoms with E-state index >= 15 is 0 Å². The second kappa shape index (κ2) is 4.17. The van der Waals surface area contributed by atoms with Gasteiger partial charge in [0.1, 0.15) is 0 Å². The molecule has 0 aliphatic carbocycles. The fraction of sp³-hybridized carbons (Fsp3) is 0. The largest absolute Gasteiger partial charge is 1.00 e. The minimum absolute atomic E-state index is 0. The van der Waals surface area contributed by atoms with Crippen molar-refractivity contribution in [2.45, 2.75) is 0 Å². The molecule has 0 aliphatic rings. The Balaban J connectivity index is 0.000000750. The van der Waals surface area contributed by atoms with Gasteiger partial charge in [-0.2, -0.15) is 0 Å². The molecular weight excluding hydrogens is 197 g/mol. The van der Waals surface area contributed by atoms with Crippen LogP contribution in [0, 0.1) is 0 Å². The van der Waals surface area contributed by atoms with Crippen molar-refractivity contribution in [3.05, 3.63) is 48.5 Å². The number of nitrogens with one attached hydrogen (secondary N) is 1. The predicted octanol–water partition coefficient (Wildman–Crippen LogP) is 0.325. The van der Waals surface area contributed by atoms with Crippen LogP contribution in [0.5, 0.6) is 0 Å². The van der Waals surface area contributed by atoms with Gasteiger partial charge in [0.25, 0.3) is 0 Å². The van der Waals surface area contributed by atoms with Crippen molar-refractivity contribution >= 4 is 21.8 Å². The number of aromatic amines is 1. The number of H-pyrrole nitrogens is 1. The molecule has 2 heteroatoms. The van der Waals surface area contributed by atoms with Crippen molar-refractivity contribution in [3.8, 4) is 0 Å². The first-order chi connectivity index (χ1) is 6.45. The van der Waals surface area contributed by atoms with Crippen LogP contribution in [0.15, 0.2) is 48.5 Å². The number of hydrogen-bond acceptors (Lipinski definition) is 0. The van der Waals surface area contributed by atoms with Gasteiger partial charge in [-0.05, 0) is 12.1 Å². The Morgan fingerprint density at radius 2 is 1.07 bits per heavy atom. The molecule has 1 nitrogen and oxygen atoms in total. The van der Waals surface area contributed by atoms with Crippen LogP contribution in [0.3, 0.4) is 0 Å². The van der Waals surface area contributed by atoms with Gasteiger partial charge in [0.05, 0.1) is 0 Å². The van der Waals surface area contributed by atoms with Gasteiger partial charge in [-0.1, -0.05) is 36.4 Å². The van der Waals surface area contributed by atoms with Crippen LogP contribution in [0.25, 0.3) is 21.8 Å². The zero-order valence-corrected chi connectivity index (χ0v) is 11.2. The van der Waals surface area contributed by atoms with E-state index in [1.807, 2.05) is 0 Å². The van der Waals surface area contributed by atoms with Crippen molar-refractivity contribution in [3.63, 3.8) is 0 Å². The molecule has 1 aromatic heterocycles. The van der Waals surface area contributed by atoms with Gasteiger partial charge < -0.3 is 4.98 Å². The predicted molar refractivity (Wildman–Crippen MR) is 55.8 cm³/mol.